The summed E-state index contributed by atoms with van der Waals surface area (Å²) in [6.45, 7) is 40.4. The van der Waals surface area contributed by atoms with Gasteiger partial charge in [0.2, 0.25) is 0 Å². The summed E-state index contributed by atoms with van der Waals surface area (Å²) in [5, 5.41) is 2.68. The van der Waals surface area contributed by atoms with Gasteiger partial charge in [0, 0.05) is 49.6 Å². The zero-order valence-corrected chi connectivity index (χ0v) is 48.2. The van der Waals surface area contributed by atoms with Crippen molar-refractivity contribution in [2.24, 2.45) is 0 Å². The zero-order valence-electron chi connectivity index (χ0n) is 47.4. The molecule has 376 valence electrons. The predicted molar refractivity (Wildman–Crippen MR) is 325 cm³/mol. The highest BCUT2D eigenvalue weighted by molar-refractivity contribution is 7.26. The van der Waals surface area contributed by atoms with Gasteiger partial charge in [0.15, 0.2) is 0 Å². The lowest BCUT2D eigenvalue weighted by atomic mass is 9.33. The van der Waals surface area contributed by atoms with E-state index >= 15 is 0 Å². The number of nitrogens with zero attached hydrogens (tertiary/aromatic N) is 3. The number of hydrogen-bond acceptors (Lipinski definition) is 3. The lowest BCUT2D eigenvalue weighted by Crippen LogP contribution is -2.60. The van der Waals surface area contributed by atoms with E-state index in [1.54, 1.807) is 0 Å². The first kappa shape index (κ1) is 48.9. The Balaban J connectivity index is 1.27. The minimum absolute atomic E-state index is 0.000726. The van der Waals surface area contributed by atoms with Gasteiger partial charge in [-0.15, -0.1) is 11.3 Å². The Morgan fingerprint density at radius 3 is 1.59 bits per heavy atom. The first-order valence-electron chi connectivity index (χ1n) is 27.4. The van der Waals surface area contributed by atoms with Crippen LogP contribution in [0.3, 0.4) is 0 Å². The molecular formula is C69H76BN3S. The molecule has 4 heterocycles. The van der Waals surface area contributed by atoms with Crippen LogP contribution in [-0.4, -0.2) is 11.3 Å². The maximum atomic E-state index is 2.72. The Morgan fingerprint density at radius 1 is 0.473 bits per heavy atom. The largest absolute Gasteiger partial charge is 0.311 e. The van der Waals surface area contributed by atoms with E-state index in [2.05, 4.69) is 259 Å². The van der Waals surface area contributed by atoms with Gasteiger partial charge in [-0.3, -0.25) is 0 Å². The zero-order chi connectivity index (χ0) is 52.6. The van der Waals surface area contributed by atoms with Crippen LogP contribution >= 0.6 is 11.3 Å². The maximum absolute atomic E-state index is 2.72. The van der Waals surface area contributed by atoms with Crippen LogP contribution in [0, 0.1) is 6.92 Å². The lowest BCUT2D eigenvalue weighted by Gasteiger charge is -2.45. The van der Waals surface area contributed by atoms with Crippen LogP contribution in [0.25, 0.3) is 36.9 Å². The van der Waals surface area contributed by atoms with Crippen LogP contribution in [0.2, 0.25) is 0 Å². The molecule has 0 fully saturated rings. The third kappa shape index (κ3) is 7.48. The summed E-state index contributed by atoms with van der Waals surface area (Å²) in [7, 11) is 0. The number of aromatic nitrogens is 1. The van der Waals surface area contributed by atoms with E-state index in [9.17, 15) is 0 Å². The standard InChI is InChI=1S/C69H76BN3S/c1-41-34-51-52(69(16,17)33-32-68(51,14)15)40-55(41)72-56-37-44(66(8,9)10)26-31-53(56)70-54-36-45(67(11,12)13)35-50-61(54)73(62-49-20-18-19-21-59(49)74-63(50)62)58-39-48(38-57(72)60(58)70)71(46-27-22-42(23-28-46)64(2,3)4)47-29-24-43(25-30-47)65(5,6)7/h18-31,34-40H,32-33H2,1-17H3. The van der Waals surface area contributed by atoms with E-state index in [1.807, 2.05) is 11.3 Å². The van der Waals surface area contributed by atoms with Crippen molar-refractivity contribution in [2.75, 3.05) is 9.80 Å². The molecule has 0 amide bonds. The van der Waals surface area contributed by atoms with E-state index in [4.69, 9.17) is 0 Å². The Hall–Kier alpha value is -6.04. The fraction of sp³-hybridized carbons (Fsp3) is 0.362. The molecule has 1 aliphatic carbocycles. The minimum Gasteiger partial charge on any atom is -0.311 e. The highest BCUT2D eigenvalue weighted by atomic mass is 32.1. The van der Waals surface area contributed by atoms with Crippen LogP contribution in [0.5, 0.6) is 0 Å². The molecular weight excluding hydrogens is 914 g/mol. The van der Waals surface area contributed by atoms with Crippen molar-refractivity contribution in [1.82, 2.24) is 4.57 Å². The van der Waals surface area contributed by atoms with E-state index in [1.165, 1.54) is 116 Å². The smallest absolute Gasteiger partial charge is 0.252 e. The van der Waals surface area contributed by atoms with Gasteiger partial charge in [-0.2, -0.15) is 0 Å². The molecule has 0 bridgehead atoms. The fourth-order valence-electron chi connectivity index (χ4n) is 12.9. The van der Waals surface area contributed by atoms with Crippen molar-refractivity contribution in [3.63, 3.8) is 0 Å². The van der Waals surface area contributed by atoms with Gasteiger partial charge < -0.3 is 14.4 Å². The summed E-state index contributed by atoms with van der Waals surface area (Å²) in [5.41, 5.74) is 25.0. The Morgan fingerprint density at radius 2 is 1.01 bits per heavy atom. The monoisotopic (exact) mass is 990 g/mol. The average molecular weight is 990 g/mol. The molecule has 7 aromatic carbocycles. The summed E-state index contributed by atoms with van der Waals surface area (Å²) >= 11 is 1.96. The highest BCUT2D eigenvalue weighted by Crippen LogP contribution is 2.53. The minimum atomic E-state index is -0.0633. The second-order valence-corrected chi connectivity index (χ2v) is 28.9. The molecule has 0 radical (unpaired) electrons. The van der Waals surface area contributed by atoms with Gasteiger partial charge in [0.05, 0.1) is 21.4 Å². The fourth-order valence-corrected chi connectivity index (χ4v) is 14.1. The second-order valence-electron chi connectivity index (χ2n) is 27.9. The molecule has 3 aliphatic rings. The molecule has 2 aliphatic heterocycles. The van der Waals surface area contributed by atoms with Crippen molar-refractivity contribution < 1.29 is 0 Å². The van der Waals surface area contributed by atoms with Gasteiger partial charge in [-0.25, -0.2) is 0 Å². The van der Waals surface area contributed by atoms with Crippen LogP contribution in [0.1, 0.15) is 163 Å². The number of hydrogen-bond donors (Lipinski definition) is 0. The number of rotatable bonds is 4. The molecule has 0 atom stereocenters. The van der Waals surface area contributed by atoms with Gasteiger partial charge in [0.25, 0.3) is 6.71 Å². The molecule has 0 saturated carbocycles. The molecule has 0 N–H and O–H groups in total. The maximum Gasteiger partial charge on any atom is 0.252 e. The van der Waals surface area contributed by atoms with Crippen molar-refractivity contribution >= 4 is 99.8 Å². The van der Waals surface area contributed by atoms with Crippen molar-refractivity contribution in [1.29, 1.82) is 0 Å². The molecule has 9 aromatic rings. The quantitative estimate of drug-likeness (QED) is 0.163. The van der Waals surface area contributed by atoms with Crippen LogP contribution in [0.15, 0.2) is 127 Å². The Labute approximate surface area is 446 Å². The van der Waals surface area contributed by atoms with Crippen LogP contribution in [0.4, 0.5) is 34.1 Å². The third-order valence-electron chi connectivity index (χ3n) is 17.6. The number of fused-ring (bicyclic) bond motifs is 10. The third-order valence-corrected chi connectivity index (χ3v) is 18.8. The summed E-state index contributed by atoms with van der Waals surface area (Å²) in [5.74, 6) is 0. The Bertz CT molecular complexity index is 3720. The molecule has 2 aromatic heterocycles. The Kier molecular flexibility index (Phi) is 10.6. The van der Waals surface area contributed by atoms with Crippen LogP contribution in [-0.2, 0) is 32.5 Å². The average Bonchev–Trinajstić information content (AvgIpc) is 3.87. The number of anilines is 6. The molecule has 3 nitrogen and oxygen atoms in total. The normalized spacial score (nSPS) is 16.0. The number of aryl methyl sites for hydroxylation is 1. The molecule has 12 rings (SSSR count). The lowest BCUT2D eigenvalue weighted by molar-refractivity contribution is 0.332. The predicted octanol–water partition coefficient (Wildman–Crippen LogP) is 17.9. The van der Waals surface area contributed by atoms with Gasteiger partial charge in [0.1, 0.15) is 0 Å². The molecule has 0 spiro atoms. The second kappa shape index (κ2) is 16.0. The van der Waals surface area contributed by atoms with Gasteiger partial charge >= 0.3 is 0 Å². The summed E-state index contributed by atoms with van der Waals surface area (Å²) < 4.78 is 5.41. The van der Waals surface area contributed by atoms with Crippen molar-refractivity contribution in [3.8, 4) is 5.69 Å². The van der Waals surface area contributed by atoms with Gasteiger partial charge in [-0.1, -0.05) is 178 Å². The van der Waals surface area contributed by atoms with Gasteiger partial charge in [-0.05, 0) is 168 Å². The summed E-state index contributed by atoms with van der Waals surface area (Å²) in [6.07, 6.45) is 2.34. The van der Waals surface area contributed by atoms with E-state index in [-0.39, 0.29) is 39.2 Å². The topological polar surface area (TPSA) is 11.4 Å². The van der Waals surface area contributed by atoms with E-state index < -0.39 is 0 Å². The number of thiophene rings is 1. The molecule has 0 saturated heterocycles. The SMILES string of the molecule is Cc1cc2c(cc1N1c3cc(C(C)(C)C)ccc3B3c4c1cc(N(c1ccc(C(C)(C)C)cc1)c1ccc(C(C)(C)C)cc1)cc4-n1c4c3cc(C(C)(C)C)cc4c3sc4ccccc4c31)C(C)(C)CCC2(C)C. The number of benzene rings is 7. The van der Waals surface area contributed by atoms with Crippen molar-refractivity contribution in [2.45, 2.75) is 163 Å². The van der Waals surface area contributed by atoms with E-state index in [0.717, 1.165) is 23.5 Å². The molecule has 74 heavy (non-hydrogen) atoms. The highest BCUT2D eigenvalue weighted by Gasteiger charge is 2.46. The first-order chi connectivity index (χ1) is 34.6. The molecule has 5 heteroatoms. The van der Waals surface area contributed by atoms with Crippen molar-refractivity contribution in [3.05, 3.63) is 166 Å². The summed E-state index contributed by atoms with van der Waals surface area (Å²) in [4.78, 5) is 5.26. The van der Waals surface area contributed by atoms with E-state index in [0.29, 0.717) is 0 Å². The molecule has 0 unspecified atom stereocenters. The van der Waals surface area contributed by atoms with Crippen LogP contribution < -0.4 is 26.2 Å². The summed E-state index contributed by atoms with van der Waals surface area (Å²) in [6, 6.07) is 50.9. The first-order valence-corrected chi connectivity index (χ1v) is 28.2.